The zero-order valence-electron chi connectivity index (χ0n) is 16.3. The summed E-state index contributed by atoms with van der Waals surface area (Å²) in [5, 5.41) is 5.33. The van der Waals surface area contributed by atoms with Crippen LogP contribution in [0.5, 0.6) is 5.75 Å². The van der Waals surface area contributed by atoms with Gasteiger partial charge in [0.25, 0.3) is 0 Å². The molecule has 29 heavy (non-hydrogen) atoms. The first-order valence-electron chi connectivity index (χ1n) is 9.97. The van der Waals surface area contributed by atoms with Crippen molar-refractivity contribution in [3.8, 4) is 5.75 Å². The number of fused-ring (bicyclic) bond motifs is 1. The highest BCUT2D eigenvalue weighted by atomic mass is 35.5. The topological polar surface area (TPSA) is 50.7 Å². The summed E-state index contributed by atoms with van der Waals surface area (Å²) < 4.78 is 5.77. The normalized spacial score (nSPS) is 25.5. The van der Waals surface area contributed by atoms with E-state index in [1.165, 1.54) is 19.3 Å². The van der Waals surface area contributed by atoms with E-state index in [0.717, 1.165) is 23.3 Å². The Labute approximate surface area is 181 Å². The van der Waals surface area contributed by atoms with Crippen molar-refractivity contribution in [1.29, 1.82) is 0 Å². The standard InChI is InChI=1S/C23H24Cl2N2O2/c1-23-11-3-2-4-19(23)21(23)22(28)27-26-13-15-5-9-18(10-6-15)29-14-16-7-8-17(24)12-20(16)25/h5-10,12-13,19,21H,2-4,11,14H2,1H3,(H,27,28)/b26-13-/t19-,21+,23-/m0/s1. The zero-order chi connectivity index (χ0) is 20.4. The molecule has 0 bridgehead atoms. The Hall–Kier alpha value is -2.04. The van der Waals surface area contributed by atoms with Gasteiger partial charge in [-0.3, -0.25) is 4.79 Å². The number of amides is 1. The van der Waals surface area contributed by atoms with E-state index in [1.807, 2.05) is 30.3 Å². The maximum absolute atomic E-state index is 12.4. The Kier molecular flexibility index (Phi) is 5.84. The molecular weight excluding hydrogens is 407 g/mol. The lowest BCUT2D eigenvalue weighted by Gasteiger charge is -2.15. The van der Waals surface area contributed by atoms with E-state index < -0.39 is 0 Å². The van der Waals surface area contributed by atoms with Crippen molar-refractivity contribution in [1.82, 2.24) is 5.43 Å². The smallest absolute Gasteiger partial charge is 0.244 e. The van der Waals surface area contributed by atoms with Gasteiger partial charge in [0, 0.05) is 21.5 Å². The maximum atomic E-state index is 12.4. The van der Waals surface area contributed by atoms with E-state index in [0.29, 0.717) is 22.6 Å². The Balaban J connectivity index is 1.27. The van der Waals surface area contributed by atoms with Crippen LogP contribution in [-0.2, 0) is 11.4 Å². The molecule has 2 aromatic rings. The van der Waals surface area contributed by atoms with Crippen LogP contribution in [0.4, 0.5) is 0 Å². The SMILES string of the molecule is C[C@]12CCCC[C@H]1[C@@H]2C(=O)N/N=C\c1ccc(OCc2ccc(Cl)cc2Cl)cc1. The van der Waals surface area contributed by atoms with E-state index in [1.54, 1.807) is 18.3 Å². The molecule has 4 nitrogen and oxygen atoms in total. The van der Waals surface area contributed by atoms with Crippen molar-refractivity contribution in [2.75, 3.05) is 0 Å². The maximum Gasteiger partial charge on any atom is 0.244 e. The second-order valence-corrected chi connectivity index (χ2v) is 9.01. The Morgan fingerprint density at radius 2 is 2.03 bits per heavy atom. The van der Waals surface area contributed by atoms with Gasteiger partial charge in [0.15, 0.2) is 0 Å². The quantitative estimate of drug-likeness (QED) is 0.461. The van der Waals surface area contributed by atoms with Crippen LogP contribution in [0.25, 0.3) is 0 Å². The highest BCUT2D eigenvalue weighted by molar-refractivity contribution is 6.35. The third-order valence-corrected chi connectivity index (χ3v) is 6.88. The molecule has 2 aliphatic carbocycles. The van der Waals surface area contributed by atoms with Crippen LogP contribution in [0.1, 0.15) is 43.7 Å². The summed E-state index contributed by atoms with van der Waals surface area (Å²) in [6.07, 6.45) is 6.46. The molecule has 0 aromatic heterocycles. The average molecular weight is 431 g/mol. The molecule has 1 N–H and O–H groups in total. The summed E-state index contributed by atoms with van der Waals surface area (Å²) in [6.45, 7) is 2.60. The molecule has 6 heteroatoms. The highest BCUT2D eigenvalue weighted by Crippen LogP contribution is 2.66. The zero-order valence-corrected chi connectivity index (χ0v) is 17.8. The molecule has 0 heterocycles. The molecule has 1 amide bonds. The number of ether oxygens (including phenoxy) is 1. The largest absolute Gasteiger partial charge is 0.489 e. The Morgan fingerprint density at radius 3 is 2.72 bits per heavy atom. The van der Waals surface area contributed by atoms with E-state index >= 15 is 0 Å². The van der Waals surface area contributed by atoms with Crippen LogP contribution >= 0.6 is 23.2 Å². The van der Waals surface area contributed by atoms with Crippen molar-refractivity contribution < 1.29 is 9.53 Å². The molecule has 0 spiro atoms. The molecule has 2 aromatic carbocycles. The van der Waals surface area contributed by atoms with Crippen LogP contribution < -0.4 is 10.2 Å². The molecule has 0 unspecified atom stereocenters. The Morgan fingerprint density at radius 1 is 1.24 bits per heavy atom. The van der Waals surface area contributed by atoms with Crippen LogP contribution in [0, 0.1) is 17.3 Å². The third-order valence-electron chi connectivity index (χ3n) is 6.29. The molecule has 3 atom stereocenters. The lowest BCUT2D eigenvalue weighted by atomic mass is 9.90. The summed E-state index contributed by atoms with van der Waals surface area (Å²) in [5.74, 6) is 1.44. The second-order valence-electron chi connectivity index (χ2n) is 8.16. The van der Waals surface area contributed by atoms with Crippen molar-refractivity contribution in [3.05, 3.63) is 63.6 Å². The molecule has 4 rings (SSSR count). The number of rotatable bonds is 6. The molecular formula is C23H24Cl2N2O2. The minimum absolute atomic E-state index is 0.0513. The lowest BCUT2D eigenvalue weighted by Crippen LogP contribution is -2.22. The fourth-order valence-corrected chi connectivity index (χ4v) is 5.00. The van der Waals surface area contributed by atoms with Gasteiger partial charge in [-0.2, -0.15) is 5.10 Å². The summed E-state index contributed by atoms with van der Waals surface area (Å²) >= 11 is 12.1. The van der Waals surface area contributed by atoms with Gasteiger partial charge in [-0.1, -0.05) is 49.0 Å². The summed E-state index contributed by atoms with van der Waals surface area (Å²) in [7, 11) is 0. The third kappa shape index (κ3) is 4.44. The first kappa shape index (κ1) is 20.2. The van der Waals surface area contributed by atoms with E-state index in [4.69, 9.17) is 27.9 Å². The minimum atomic E-state index is 0.0513. The van der Waals surface area contributed by atoms with Gasteiger partial charge in [0.1, 0.15) is 12.4 Å². The second kappa shape index (κ2) is 8.37. The fraction of sp³-hybridized carbons (Fsp3) is 0.391. The van der Waals surface area contributed by atoms with E-state index in [-0.39, 0.29) is 17.2 Å². The minimum Gasteiger partial charge on any atom is -0.489 e. The number of carbonyl (C=O) groups is 1. The van der Waals surface area contributed by atoms with Gasteiger partial charge < -0.3 is 4.74 Å². The number of halogens is 2. The molecule has 2 fully saturated rings. The Bertz CT molecular complexity index is 929. The number of hydrogen-bond donors (Lipinski definition) is 1. The molecule has 152 valence electrons. The van der Waals surface area contributed by atoms with Crippen molar-refractivity contribution in [2.45, 2.75) is 39.2 Å². The molecule has 0 saturated heterocycles. The number of nitrogens with zero attached hydrogens (tertiary/aromatic N) is 1. The van der Waals surface area contributed by atoms with Gasteiger partial charge in [-0.25, -0.2) is 5.43 Å². The molecule has 2 saturated carbocycles. The fourth-order valence-electron chi connectivity index (χ4n) is 4.54. The molecule has 0 aliphatic heterocycles. The number of hydrogen-bond acceptors (Lipinski definition) is 3. The van der Waals surface area contributed by atoms with Gasteiger partial charge in [-0.05, 0) is 66.1 Å². The van der Waals surface area contributed by atoms with Crippen molar-refractivity contribution in [3.63, 3.8) is 0 Å². The first-order chi connectivity index (χ1) is 14.0. The summed E-state index contributed by atoms with van der Waals surface area (Å²) in [4.78, 5) is 12.4. The van der Waals surface area contributed by atoms with Gasteiger partial charge >= 0.3 is 0 Å². The van der Waals surface area contributed by atoms with Crippen LogP contribution in [0.2, 0.25) is 10.0 Å². The number of benzene rings is 2. The van der Waals surface area contributed by atoms with Crippen LogP contribution in [-0.4, -0.2) is 12.1 Å². The predicted octanol–water partition coefficient (Wildman–Crippen LogP) is 5.85. The van der Waals surface area contributed by atoms with Gasteiger partial charge in [0.2, 0.25) is 5.91 Å². The van der Waals surface area contributed by atoms with E-state index in [9.17, 15) is 4.79 Å². The van der Waals surface area contributed by atoms with Crippen molar-refractivity contribution >= 4 is 35.3 Å². The summed E-state index contributed by atoms with van der Waals surface area (Å²) in [5.41, 5.74) is 4.68. The van der Waals surface area contributed by atoms with Gasteiger partial charge in [-0.15, -0.1) is 0 Å². The van der Waals surface area contributed by atoms with Crippen molar-refractivity contribution in [2.24, 2.45) is 22.4 Å². The van der Waals surface area contributed by atoms with Crippen LogP contribution in [0.15, 0.2) is 47.6 Å². The molecule has 0 radical (unpaired) electrons. The highest BCUT2D eigenvalue weighted by Gasteiger charge is 2.64. The lowest BCUT2D eigenvalue weighted by molar-refractivity contribution is -0.123. The summed E-state index contributed by atoms with van der Waals surface area (Å²) in [6, 6.07) is 12.9. The monoisotopic (exact) mass is 430 g/mol. The number of hydrazone groups is 1. The predicted molar refractivity (Wildman–Crippen MR) is 117 cm³/mol. The van der Waals surface area contributed by atoms with Crippen LogP contribution in [0.3, 0.4) is 0 Å². The average Bonchev–Trinajstić information content (AvgIpc) is 3.34. The number of carbonyl (C=O) groups excluding carboxylic acids is 1. The number of nitrogens with one attached hydrogen (secondary N) is 1. The van der Waals surface area contributed by atoms with Gasteiger partial charge in [0.05, 0.1) is 6.21 Å². The van der Waals surface area contributed by atoms with E-state index in [2.05, 4.69) is 17.5 Å². The first-order valence-corrected chi connectivity index (χ1v) is 10.7. The molecule has 2 aliphatic rings.